The summed E-state index contributed by atoms with van der Waals surface area (Å²) in [6, 6.07) is 0. The summed E-state index contributed by atoms with van der Waals surface area (Å²) in [6.45, 7) is 0. The molecule has 0 saturated carbocycles. The van der Waals surface area contributed by atoms with Crippen molar-refractivity contribution in [1.29, 1.82) is 0 Å². The zero-order chi connectivity index (χ0) is 8.04. The third kappa shape index (κ3) is 8.68. The first kappa shape index (κ1) is 10.7. The molecule has 1 unspecified atom stereocenters. The van der Waals surface area contributed by atoms with E-state index < -0.39 is 8.77 Å². The molecule has 0 bridgehead atoms. The molecular formula is C5H12O2S3. The molecule has 5 heteroatoms. The number of thiol groups is 1. The lowest BCUT2D eigenvalue weighted by Gasteiger charge is -1.97. The molecule has 1 atom stereocenters. The van der Waals surface area contributed by atoms with Gasteiger partial charge in [-0.1, -0.05) is 6.42 Å². The van der Waals surface area contributed by atoms with Gasteiger partial charge in [0.1, 0.15) is 8.77 Å². The summed E-state index contributed by atoms with van der Waals surface area (Å²) in [5, 5.41) is 0. The van der Waals surface area contributed by atoms with Crippen molar-refractivity contribution in [3.63, 3.8) is 0 Å². The van der Waals surface area contributed by atoms with E-state index in [2.05, 4.69) is 23.8 Å². The maximum absolute atomic E-state index is 10.5. The van der Waals surface area contributed by atoms with Gasteiger partial charge in [0.05, 0.1) is 0 Å². The Bertz CT molecular complexity index is 162. The van der Waals surface area contributed by atoms with Gasteiger partial charge in [-0.2, -0.15) is 12.6 Å². The number of hydrogen-bond acceptors (Lipinski definition) is 3. The minimum atomic E-state index is -2.90. The fourth-order valence-corrected chi connectivity index (χ4v) is 1.72. The quantitative estimate of drug-likeness (QED) is 0.519. The number of hydrogen-bond donors (Lipinski definition) is 2. The molecule has 0 radical (unpaired) electrons. The highest BCUT2D eigenvalue weighted by molar-refractivity contribution is 8.29. The van der Waals surface area contributed by atoms with Crippen LogP contribution in [-0.2, 0) is 20.0 Å². The molecule has 0 amide bonds. The van der Waals surface area contributed by atoms with Gasteiger partial charge in [0.25, 0.3) is 0 Å². The van der Waals surface area contributed by atoms with E-state index in [-0.39, 0.29) is 5.75 Å². The Labute approximate surface area is 72.3 Å². The standard InChI is InChI=1S/C5H12O2S3/c6-10(7,9)5-3-1-2-4-8/h8H,1-5H2,(H,6,7,9). The lowest BCUT2D eigenvalue weighted by atomic mass is 10.3. The molecule has 2 nitrogen and oxygen atoms in total. The van der Waals surface area contributed by atoms with Gasteiger partial charge < -0.3 is 4.55 Å². The second-order valence-electron chi connectivity index (χ2n) is 2.07. The summed E-state index contributed by atoms with van der Waals surface area (Å²) in [7, 11) is -2.90. The van der Waals surface area contributed by atoms with E-state index >= 15 is 0 Å². The molecule has 0 aromatic rings. The van der Waals surface area contributed by atoms with Crippen LogP contribution in [0.25, 0.3) is 0 Å². The monoisotopic (exact) mass is 200 g/mol. The van der Waals surface area contributed by atoms with E-state index in [4.69, 9.17) is 4.55 Å². The van der Waals surface area contributed by atoms with Crippen LogP contribution in [0.5, 0.6) is 0 Å². The summed E-state index contributed by atoms with van der Waals surface area (Å²) in [5.41, 5.74) is 0. The smallest absolute Gasteiger partial charge is 0.141 e. The molecule has 0 aromatic carbocycles. The lowest BCUT2D eigenvalue weighted by Crippen LogP contribution is -2.01. The third-order valence-corrected chi connectivity index (χ3v) is 2.68. The van der Waals surface area contributed by atoms with Crippen molar-refractivity contribution in [1.82, 2.24) is 0 Å². The average Bonchev–Trinajstić information content (AvgIpc) is 1.78. The van der Waals surface area contributed by atoms with Crippen molar-refractivity contribution in [2.24, 2.45) is 0 Å². The molecule has 0 spiro atoms. The Morgan fingerprint density at radius 2 is 2.00 bits per heavy atom. The van der Waals surface area contributed by atoms with Crippen molar-refractivity contribution < 1.29 is 8.76 Å². The second kappa shape index (κ2) is 5.35. The number of unbranched alkanes of at least 4 members (excludes halogenated alkanes) is 2. The van der Waals surface area contributed by atoms with Gasteiger partial charge >= 0.3 is 0 Å². The maximum Gasteiger partial charge on any atom is 0.141 e. The molecule has 0 aromatic heterocycles. The van der Waals surface area contributed by atoms with Crippen molar-refractivity contribution in [2.75, 3.05) is 11.5 Å². The fraction of sp³-hybridized carbons (Fsp3) is 1.00. The third-order valence-electron chi connectivity index (χ3n) is 1.06. The Morgan fingerprint density at radius 3 is 2.40 bits per heavy atom. The SMILES string of the molecule is O=S(O)(=S)CCCCCS. The highest BCUT2D eigenvalue weighted by Gasteiger charge is 1.97. The highest BCUT2D eigenvalue weighted by atomic mass is 32.8. The Hall–Kier alpha value is 0.680. The van der Waals surface area contributed by atoms with Crippen LogP contribution in [0.4, 0.5) is 0 Å². The molecule has 0 heterocycles. The topological polar surface area (TPSA) is 37.3 Å². The molecule has 0 fully saturated rings. The molecule has 0 aliphatic heterocycles. The molecule has 62 valence electrons. The van der Waals surface area contributed by atoms with Gasteiger partial charge in [0.15, 0.2) is 0 Å². The van der Waals surface area contributed by atoms with Crippen LogP contribution in [-0.4, -0.2) is 20.3 Å². The van der Waals surface area contributed by atoms with Crippen LogP contribution in [0, 0.1) is 0 Å². The fourth-order valence-electron chi connectivity index (χ4n) is 0.573. The van der Waals surface area contributed by atoms with Crippen LogP contribution in [0.1, 0.15) is 19.3 Å². The summed E-state index contributed by atoms with van der Waals surface area (Å²) in [4.78, 5) is 0. The summed E-state index contributed by atoms with van der Waals surface area (Å²) in [6.07, 6.45) is 2.67. The van der Waals surface area contributed by atoms with Crippen molar-refractivity contribution >= 4 is 32.6 Å². The first-order chi connectivity index (χ1) is 4.56. The van der Waals surface area contributed by atoms with E-state index in [1.807, 2.05) is 0 Å². The molecule has 10 heavy (non-hydrogen) atoms. The number of rotatable bonds is 5. The largest absolute Gasteiger partial charge is 0.306 e. The zero-order valence-corrected chi connectivity index (χ0v) is 8.18. The van der Waals surface area contributed by atoms with Crippen molar-refractivity contribution in [2.45, 2.75) is 19.3 Å². The first-order valence-electron chi connectivity index (χ1n) is 3.12. The molecule has 0 aliphatic carbocycles. The van der Waals surface area contributed by atoms with Gasteiger partial charge in [-0.15, -0.1) is 0 Å². The summed E-state index contributed by atoms with van der Waals surface area (Å²) < 4.78 is 19.1. The van der Waals surface area contributed by atoms with E-state index in [9.17, 15) is 4.21 Å². The molecule has 0 rings (SSSR count). The minimum absolute atomic E-state index is 0.246. The van der Waals surface area contributed by atoms with Crippen molar-refractivity contribution in [3.8, 4) is 0 Å². The predicted octanol–water partition coefficient (Wildman–Crippen LogP) is 1.31. The van der Waals surface area contributed by atoms with Crippen molar-refractivity contribution in [3.05, 3.63) is 0 Å². The van der Waals surface area contributed by atoms with Crippen LogP contribution >= 0.6 is 12.6 Å². The maximum atomic E-state index is 10.5. The lowest BCUT2D eigenvalue weighted by molar-refractivity contribution is 0.557. The Morgan fingerprint density at radius 1 is 1.40 bits per heavy atom. The van der Waals surface area contributed by atoms with Crippen LogP contribution < -0.4 is 0 Å². The van der Waals surface area contributed by atoms with Crippen LogP contribution in [0.15, 0.2) is 0 Å². The van der Waals surface area contributed by atoms with Gasteiger partial charge in [0, 0.05) is 16.9 Å². The average molecular weight is 200 g/mol. The zero-order valence-electron chi connectivity index (χ0n) is 5.65. The van der Waals surface area contributed by atoms with Gasteiger partial charge in [-0.3, -0.25) is 0 Å². The second-order valence-corrected chi connectivity index (χ2v) is 5.65. The molecule has 0 aliphatic rings. The molecule has 0 saturated heterocycles. The normalized spacial score (nSPS) is 16.6. The minimum Gasteiger partial charge on any atom is -0.306 e. The van der Waals surface area contributed by atoms with Gasteiger partial charge in [-0.25, -0.2) is 4.21 Å². The highest BCUT2D eigenvalue weighted by Crippen LogP contribution is 1.99. The first-order valence-corrected chi connectivity index (χ1v) is 6.36. The summed E-state index contributed by atoms with van der Waals surface area (Å²) in [5.74, 6) is 1.08. The van der Waals surface area contributed by atoms with Crippen LogP contribution in [0.3, 0.4) is 0 Å². The van der Waals surface area contributed by atoms with Gasteiger partial charge in [-0.05, 0) is 18.6 Å². The Balaban J connectivity index is 3.21. The Kier molecular flexibility index (Phi) is 5.71. The van der Waals surface area contributed by atoms with Gasteiger partial charge in [0.2, 0.25) is 0 Å². The molecular weight excluding hydrogens is 188 g/mol. The summed E-state index contributed by atoms with van der Waals surface area (Å²) >= 11 is 8.30. The predicted molar refractivity (Wildman–Crippen MR) is 50.7 cm³/mol. The van der Waals surface area contributed by atoms with E-state index in [1.54, 1.807) is 0 Å². The van der Waals surface area contributed by atoms with E-state index in [0.717, 1.165) is 25.0 Å². The molecule has 1 N–H and O–H groups in total. The van der Waals surface area contributed by atoms with E-state index in [0.29, 0.717) is 0 Å². The van der Waals surface area contributed by atoms with E-state index in [1.165, 1.54) is 0 Å². The van der Waals surface area contributed by atoms with Crippen LogP contribution in [0.2, 0.25) is 0 Å².